The second kappa shape index (κ2) is 4.05. The molecular weight excluding hydrogens is 249 g/mol. The molecule has 1 aromatic carbocycles. The minimum Gasteiger partial charge on any atom is -0.487 e. The van der Waals surface area contributed by atoms with Gasteiger partial charge in [0.2, 0.25) is 0 Å². The number of alkyl halides is 3. The Kier molecular flexibility index (Phi) is 2.93. The molecule has 1 aliphatic heterocycles. The molecule has 3 nitrogen and oxygen atoms in total. The van der Waals surface area contributed by atoms with Gasteiger partial charge in [0.15, 0.2) is 0 Å². The molecule has 1 N–H and O–H groups in total. The molecule has 1 aliphatic rings. The molecule has 0 saturated heterocycles. The van der Waals surface area contributed by atoms with Crippen molar-refractivity contribution in [2.45, 2.75) is 38.8 Å². The normalized spacial score (nSPS) is 17.2. The lowest BCUT2D eigenvalue weighted by molar-refractivity contribution is -0.274. The zero-order valence-corrected chi connectivity index (χ0v) is 9.97. The van der Waals surface area contributed by atoms with Gasteiger partial charge in [0.05, 0.1) is 6.61 Å². The van der Waals surface area contributed by atoms with Crippen LogP contribution in [0, 0.1) is 0 Å². The van der Waals surface area contributed by atoms with Crippen LogP contribution in [0.3, 0.4) is 0 Å². The summed E-state index contributed by atoms with van der Waals surface area (Å²) in [5.74, 6) is 0.128. The smallest absolute Gasteiger partial charge is 0.487 e. The number of halogens is 3. The Labute approximate surface area is 102 Å². The molecular formula is C12H13F3O3. The van der Waals surface area contributed by atoms with Crippen molar-refractivity contribution >= 4 is 0 Å². The summed E-state index contributed by atoms with van der Waals surface area (Å²) in [5.41, 5.74) is 0.437. The zero-order valence-electron chi connectivity index (χ0n) is 9.97. The van der Waals surface area contributed by atoms with Crippen molar-refractivity contribution in [1.82, 2.24) is 0 Å². The van der Waals surface area contributed by atoms with Crippen LogP contribution in [0.5, 0.6) is 11.5 Å². The Morgan fingerprint density at radius 3 is 2.61 bits per heavy atom. The maximum Gasteiger partial charge on any atom is 0.573 e. The first-order chi connectivity index (χ1) is 8.20. The molecule has 2 rings (SSSR count). The number of benzene rings is 1. The summed E-state index contributed by atoms with van der Waals surface area (Å²) in [6.07, 6.45) is -4.26. The fraction of sp³-hybridized carbons (Fsp3) is 0.500. The van der Waals surface area contributed by atoms with Gasteiger partial charge in [-0.05, 0) is 26.0 Å². The van der Waals surface area contributed by atoms with E-state index in [1.54, 1.807) is 0 Å². The predicted molar refractivity (Wildman–Crippen MR) is 57.5 cm³/mol. The van der Waals surface area contributed by atoms with Crippen molar-refractivity contribution in [2.75, 3.05) is 0 Å². The van der Waals surface area contributed by atoms with E-state index in [9.17, 15) is 18.3 Å². The average molecular weight is 262 g/mol. The van der Waals surface area contributed by atoms with Gasteiger partial charge in [-0.25, -0.2) is 0 Å². The van der Waals surface area contributed by atoms with E-state index in [0.29, 0.717) is 23.3 Å². The van der Waals surface area contributed by atoms with Crippen LogP contribution in [0.25, 0.3) is 0 Å². The van der Waals surface area contributed by atoms with E-state index < -0.39 is 18.6 Å². The number of aliphatic hydroxyl groups is 1. The van der Waals surface area contributed by atoms with E-state index in [-0.39, 0.29) is 5.75 Å². The zero-order chi connectivity index (χ0) is 13.6. The molecule has 0 saturated carbocycles. The summed E-state index contributed by atoms with van der Waals surface area (Å²) < 4.78 is 46.0. The van der Waals surface area contributed by atoms with Crippen molar-refractivity contribution in [3.8, 4) is 11.5 Å². The van der Waals surface area contributed by atoms with E-state index in [4.69, 9.17) is 4.74 Å². The van der Waals surface area contributed by atoms with Crippen LogP contribution in [0.2, 0.25) is 0 Å². The minimum absolute atomic E-state index is 0.303. The Hall–Kier alpha value is -1.43. The highest BCUT2D eigenvalue weighted by molar-refractivity contribution is 5.50. The first-order valence-electron chi connectivity index (χ1n) is 5.42. The van der Waals surface area contributed by atoms with Crippen molar-refractivity contribution in [1.29, 1.82) is 0 Å². The monoisotopic (exact) mass is 262 g/mol. The fourth-order valence-corrected chi connectivity index (χ4v) is 2.07. The van der Waals surface area contributed by atoms with Crippen LogP contribution in [0.4, 0.5) is 13.2 Å². The first-order valence-corrected chi connectivity index (χ1v) is 5.42. The predicted octanol–water partition coefficient (Wildman–Crippen LogP) is 2.79. The quantitative estimate of drug-likeness (QED) is 0.890. The van der Waals surface area contributed by atoms with Gasteiger partial charge in [-0.3, -0.25) is 0 Å². The standard InChI is InChI=1S/C12H13F3O3/c1-11(2)5-7-3-9(17-12(13,14)15)4-8(6-16)10(7)18-11/h3-4,16H,5-6H2,1-2H3. The van der Waals surface area contributed by atoms with Crippen LogP contribution < -0.4 is 9.47 Å². The highest BCUT2D eigenvalue weighted by Gasteiger charge is 2.35. The van der Waals surface area contributed by atoms with E-state index in [1.165, 1.54) is 6.07 Å². The highest BCUT2D eigenvalue weighted by atomic mass is 19.4. The van der Waals surface area contributed by atoms with Crippen LogP contribution in [0.15, 0.2) is 12.1 Å². The van der Waals surface area contributed by atoms with Crippen LogP contribution in [-0.2, 0) is 13.0 Å². The van der Waals surface area contributed by atoms with E-state index in [0.717, 1.165) is 6.07 Å². The van der Waals surface area contributed by atoms with Gasteiger partial charge >= 0.3 is 6.36 Å². The molecule has 0 fully saturated rings. The number of hydrogen-bond acceptors (Lipinski definition) is 3. The largest absolute Gasteiger partial charge is 0.573 e. The van der Waals surface area contributed by atoms with Gasteiger partial charge in [0, 0.05) is 17.5 Å². The summed E-state index contributed by atoms with van der Waals surface area (Å²) in [5, 5.41) is 9.18. The highest BCUT2D eigenvalue weighted by Crippen LogP contribution is 2.41. The molecule has 0 atom stereocenters. The van der Waals surface area contributed by atoms with Crippen LogP contribution in [-0.4, -0.2) is 17.1 Å². The number of aliphatic hydroxyl groups excluding tert-OH is 1. The maximum atomic E-state index is 12.2. The molecule has 0 radical (unpaired) electrons. The van der Waals surface area contributed by atoms with Gasteiger partial charge in [-0.2, -0.15) is 0 Å². The third kappa shape index (κ3) is 2.69. The Morgan fingerprint density at radius 2 is 2.06 bits per heavy atom. The second-order valence-electron chi connectivity index (χ2n) is 4.82. The maximum absolute atomic E-state index is 12.2. The fourth-order valence-electron chi connectivity index (χ4n) is 2.07. The lowest BCUT2D eigenvalue weighted by Gasteiger charge is -2.18. The molecule has 100 valence electrons. The molecule has 0 unspecified atom stereocenters. The molecule has 0 aliphatic carbocycles. The molecule has 1 heterocycles. The van der Waals surface area contributed by atoms with Gasteiger partial charge in [0.25, 0.3) is 0 Å². The average Bonchev–Trinajstić information content (AvgIpc) is 2.48. The third-order valence-electron chi connectivity index (χ3n) is 2.61. The molecule has 18 heavy (non-hydrogen) atoms. The van der Waals surface area contributed by atoms with Gasteiger partial charge in [0.1, 0.15) is 17.1 Å². The molecule has 6 heteroatoms. The van der Waals surface area contributed by atoms with Crippen LogP contribution in [0.1, 0.15) is 25.0 Å². The summed E-state index contributed by atoms with van der Waals surface area (Å²) in [6, 6.07) is 2.45. The number of hydrogen-bond donors (Lipinski definition) is 1. The van der Waals surface area contributed by atoms with Crippen molar-refractivity contribution in [3.05, 3.63) is 23.3 Å². The van der Waals surface area contributed by atoms with E-state index in [2.05, 4.69) is 4.74 Å². The molecule has 0 spiro atoms. The van der Waals surface area contributed by atoms with Crippen molar-refractivity contribution in [3.63, 3.8) is 0 Å². The Morgan fingerprint density at radius 1 is 1.39 bits per heavy atom. The van der Waals surface area contributed by atoms with Gasteiger partial charge in [-0.15, -0.1) is 13.2 Å². The van der Waals surface area contributed by atoms with Crippen LogP contribution >= 0.6 is 0 Å². The summed E-state index contributed by atoms with van der Waals surface area (Å²) in [4.78, 5) is 0. The molecule has 0 amide bonds. The SMILES string of the molecule is CC1(C)Cc2cc(OC(F)(F)F)cc(CO)c2O1. The number of rotatable bonds is 2. The topological polar surface area (TPSA) is 38.7 Å². The van der Waals surface area contributed by atoms with Gasteiger partial charge in [-0.1, -0.05) is 0 Å². The Bertz CT molecular complexity index is 466. The molecule has 1 aromatic rings. The summed E-state index contributed by atoms with van der Waals surface area (Å²) >= 11 is 0. The lowest BCUT2D eigenvalue weighted by atomic mass is 10.0. The molecule has 0 aromatic heterocycles. The summed E-state index contributed by atoms with van der Waals surface area (Å²) in [6.45, 7) is 3.27. The summed E-state index contributed by atoms with van der Waals surface area (Å²) in [7, 11) is 0. The van der Waals surface area contributed by atoms with Crippen molar-refractivity contribution in [2.24, 2.45) is 0 Å². The first kappa shape index (κ1) is 13.0. The van der Waals surface area contributed by atoms with E-state index in [1.807, 2.05) is 13.8 Å². The third-order valence-corrected chi connectivity index (χ3v) is 2.61. The van der Waals surface area contributed by atoms with Gasteiger partial charge < -0.3 is 14.6 Å². The van der Waals surface area contributed by atoms with Crippen molar-refractivity contribution < 1.29 is 27.8 Å². The molecule has 0 bridgehead atoms. The number of fused-ring (bicyclic) bond motifs is 1. The lowest BCUT2D eigenvalue weighted by Crippen LogP contribution is -2.24. The Balaban J connectivity index is 2.38. The van der Waals surface area contributed by atoms with E-state index >= 15 is 0 Å². The second-order valence-corrected chi connectivity index (χ2v) is 4.82. The minimum atomic E-state index is -4.74. The number of ether oxygens (including phenoxy) is 2.